The number of hydrogen-bond acceptors (Lipinski definition) is 2. The van der Waals surface area contributed by atoms with E-state index >= 15 is 0 Å². The second-order valence-corrected chi connectivity index (χ2v) is 5.64. The molecule has 0 aromatic heterocycles. The monoisotopic (exact) mass is 297 g/mol. The van der Waals surface area contributed by atoms with E-state index < -0.39 is 0 Å². The quantitative estimate of drug-likeness (QED) is 0.822. The summed E-state index contributed by atoms with van der Waals surface area (Å²) >= 11 is 3.45. The van der Waals surface area contributed by atoms with Crippen LogP contribution in [0.1, 0.15) is 25.7 Å². The SMILES string of the molecule is CN(CCOc1cccc(Br)c1)C1CCCC1. The number of benzene rings is 1. The molecular formula is C14H20BrNO. The van der Waals surface area contributed by atoms with Crippen molar-refractivity contribution in [3.05, 3.63) is 28.7 Å². The maximum atomic E-state index is 5.75. The smallest absolute Gasteiger partial charge is 0.120 e. The van der Waals surface area contributed by atoms with Crippen molar-refractivity contribution < 1.29 is 4.74 Å². The minimum atomic E-state index is 0.767. The van der Waals surface area contributed by atoms with Crippen molar-refractivity contribution in [3.63, 3.8) is 0 Å². The molecule has 0 heterocycles. The van der Waals surface area contributed by atoms with E-state index in [4.69, 9.17) is 4.74 Å². The Morgan fingerprint density at radius 1 is 1.35 bits per heavy atom. The fourth-order valence-electron chi connectivity index (χ4n) is 2.39. The Morgan fingerprint density at radius 2 is 2.12 bits per heavy atom. The second-order valence-electron chi connectivity index (χ2n) is 4.72. The minimum absolute atomic E-state index is 0.767. The normalized spacial score (nSPS) is 16.6. The zero-order chi connectivity index (χ0) is 12.1. The van der Waals surface area contributed by atoms with Gasteiger partial charge in [-0.25, -0.2) is 0 Å². The first kappa shape index (κ1) is 12.9. The van der Waals surface area contributed by atoms with Crippen molar-refractivity contribution in [3.8, 4) is 5.75 Å². The van der Waals surface area contributed by atoms with Gasteiger partial charge in [0.05, 0.1) is 0 Å². The second kappa shape index (κ2) is 6.41. The van der Waals surface area contributed by atoms with Gasteiger partial charge in [0.25, 0.3) is 0 Å². The van der Waals surface area contributed by atoms with E-state index in [1.807, 2.05) is 24.3 Å². The van der Waals surface area contributed by atoms with Crippen LogP contribution in [0.4, 0.5) is 0 Å². The number of ether oxygens (including phenoxy) is 1. The molecule has 94 valence electrons. The topological polar surface area (TPSA) is 12.5 Å². The Bertz CT molecular complexity index is 350. The molecule has 0 radical (unpaired) electrons. The Kier molecular flexibility index (Phi) is 4.86. The van der Waals surface area contributed by atoms with E-state index in [-0.39, 0.29) is 0 Å². The predicted molar refractivity (Wildman–Crippen MR) is 74.5 cm³/mol. The van der Waals surface area contributed by atoms with Crippen molar-refractivity contribution in [2.75, 3.05) is 20.2 Å². The highest BCUT2D eigenvalue weighted by atomic mass is 79.9. The molecule has 0 saturated heterocycles. The zero-order valence-corrected chi connectivity index (χ0v) is 11.9. The molecule has 1 aliphatic rings. The molecule has 0 bridgehead atoms. The van der Waals surface area contributed by atoms with Gasteiger partial charge in [0.15, 0.2) is 0 Å². The molecule has 2 nitrogen and oxygen atoms in total. The summed E-state index contributed by atoms with van der Waals surface area (Å²) in [4.78, 5) is 2.44. The molecule has 3 heteroatoms. The minimum Gasteiger partial charge on any atom is -0.492 e. The highest BCUT2D eigenvalue weighted by molar-refractivity contribution is 9.10. The highest BCUT2D eigenvalue weighted by Crippen LogP contribution is 2.22. The molecule has 2 rings (SSSR count). The lowest BCUT2D eigenvalue weighted by atomic mass is 10.2. The Labute approximate surface area is 112 Å². The van der Waals surface area contributed by atoms with Crippen LogP contribution in [0.15, 0.2) is 28.7 Å². The largest absolute Gasteiger partial charge is 0.492 e. The summed E-state index contributed by atoms with van der Waals surface area (Å²) in [6.45, 7) is 1.78. The molecule has 1 aliphatic carbocycles. The van der Waals surface area contributed by atoms with Crippen LogP contribution in [0, 0.1) is 0 Å². The summed E-state index contributed by atoms with van der Waals surface area (Å²) in [7, 11) is 2.21. The molecule has 0 spiro atoms. The molecule has 1 aromatic rings. The Balaban J connectivity index is 1.71. The van der Waals surface area contributed by atoms with Gasteiger partial charge < -0.3 is 9.64 Å². The zero-order valence-electron chi connectivity index (χ0n) is 10.4. The van der Waals surface area contributed by atoms with Crippen molar-refractivity contribution in [2.45, 2.75) is 31.7 Å². The first-order chi connectivity index (χ1) is 8.25. The van der Waals surface area contributed by atoms with Gasteiger partial charge in [0.1, 0.15) is 12.4 Å². The fraction of sp³-hybridized carbons (Fsp3) is 0.571. The van der Waals surface area contributed by atoms with Gasteiger partial charge in [-0.1, -0.05) is 34.8 Å². The molecule has 0 unspecified atom stereocenters. The Morgan fingerprint density at radius 3 is 2.82 bits per heavy atom. The first-order valence-corrected chi connectivity index (χ1v) is 7.13. The Hall–Kier alpha value is -0.540. The van der Waals surface area contributed by atoms with E-state index in [2.05, 4.69) is 27.9 Å². The summed E-state index contributed by atoms with van der Waals surface area (Å²) in [6.07, 6.45) is 5.49. The lowest BCUT2D eigenvalue weighted by molar-refractivity contribution is 0.193. The molecule has 17 heavy (non-hydrogen) atoms. The number of nitrogens with zero attached hydrogens (tertiary/aromatic N) is 1. The van der Waals surface area contributed by atoms with E-state index in [0.29, 0.717) is 0 Å². The van der Waals surface area contributed by atoms with Crippen LogP contribution in [0.25, 0.3) is 0 Å². The number of halogens is 1. The van der Waals surface area contributed by atoms with E-state index in [0.717, 1.165) is 29.4 Å². The highest BCUT2D eigenvalue weighted by Gasteiger charge is 2.18. The fourth-order valence-corrected chi connectivity index (χ4v) is 2.77. The molecule has 0 atom stereocenters. The maximum Gasteiger partial charge on any atom is 0.120 e. The van der Waals surface area contributed by atoms with Crippen molar-refractivity contribution in [2.24, 2.45) is 0 Å². The van der Waals surface area contributed by atoms with Gasteiger partial charge in [-0.05, 0) is 38.1 Å². The molecule has 0 aliphatic heterocycles. The number of rotatable bonds is 5. The maximum absolute atomic E-state index is 5.75. The van der Waals surface area contributed by atoms with Gasteiger partial charge in [-0.3, -0.25) is 0 Å². The molecular weight excluding hydrogens is 278 g/mol. The van der Waals surface area contributed by atoms with Gasteiger partial charge in [-0.15, -0.1) is 0 Å². The predicted octanol–water partition coefficient (Wildman–Crippen LogP) is 3.70. The first-order valence-electron chi connectivity index (χ1n) is 6.34. The summed E-state index contributed by atoms with van der Waals surface area (Å²) in [6, 6.07) is 8.80. The van der Waals surface area contributed by atoms with Gasteiger partial charge in [0, 0.05) is 17.1 Å². The van der Waals surface area contributed by atoms with Crippen LogP contribution < -0.4 is 4.74 Å². The third kappa shape index (κ3) is 4.00. The third-order valence-electron chi connectivity index (χ3n) is 3.46. The van der Waals surface area contributed by atoms with Crippen LogP contribution >= 0.6 is 15.9 Å². The summed E-state index contributed by atoms with van der Waals surface area (Å²) in [5, 5.41) is 0. The van der Waals surface area contributed by atoms with Gasteiger partial charge in [0.2, 0.25) is 0 Å². The average Bonchev–Trinajstić information content (AvgIpc) is 2.82. The molecule has 1 fully saturated rings. The summed E-state index contributed by atoms with van der Waals surface area (Å²) in [5.41, 5.74) is 0. The number of hydrogen-bond donors (Lipinski definition) is 0. The molecule has 0 N–H and O–H groups in total. The number of likely N-dealkylation sites (N-methyl/N-ethyl adjacent to an activating group) is 1. The van der Waals surface area contributed by atoms with Crippen LogP contribution in [-0.4, -0.2) is 31.1 Å². The molecule has 1 aromatic carbocycles. The van der Waals surface area contributed by atoms with Crippen molar-refractivity contribution in [1.29, 1.82) is 0 Å². The lowest BCUT2D eigenvalue weighted by Crippen LogP contribution is -2.32. The van der Waals surface area contributed by atoms with Crippen LogP contribution in [0.3, 0.4) is 0 Å². The third-order valence-corrected chi connectivity index (χ3v) is 3.95. The van der Waals surface area contributed by atoms with E-state index in [1.165, 1.54) is 25.7 Å². The van der Waals surface area contributed by atoms with Gasteiger partial charge >= 0.3 is 0 Å². The van der Waals surface area contributed by atoms with Crippen LogP contribution in [0.2, 0.25) is 0 Å². The van der Waals surface area contributed by atoms with Crippen LogP contribution in [0.5, 0.6) is 5.75 Å². The average molecular weight is 298 g/mol. The van der Waals surface area contributed by atoms with E-state index in [1.54, 1.807) is 0 Å². The van der Waals surface area contributed by atoms with Crippen molar-refractivity contribution >= 4 is 15.9 Å². The standard InChI is InChI=1S/C14H20BrNO/c1-16(13-6-2-3-7-13)9-10-17-14-8-4-5-12(15)11-14/h4-5,8,11,13H,2-3,6-7,9-10H2,1H3. The molecule has 1 saturated carbocycles. The van der Waals surface area contributed by atoms with Crippen LogP contribution in [-0.2, 0) is 0 Å². The summed E-state index contributed by atoms with van der Waals surface area (Å²) in [5.74, 6) is 0.944. The van der Waals surface area contributed by atoms with Crippen molar-refractivity contribution in [1.82, 2.24) is 4.90 Å². The van der Waals surface area contributed by atoms with Gasteiger partial charge in [-0.2, -0.15) is 0 Å². The summed E-state index contributed by atoms with van der Waals surface area (Å²) < 4.78 is 6.81. The van der Waals surface area contributed by atoms with E-state index in [9.17, 15) is 0 Å². The molecule has 0 amide bonds. The lowest BCUT2D eigenvalue weighted by Gasteiger charge is -2.23.